The van der Waals surface area contributed by atoms with Crippen LogP contribution in [0.4, 0.5) is 5.69 Å². The molecule has 0 aliphatic rings. The third-order valence-electron chi connectivity index (χ3n) is 2.20. The van der Waals surface area contributed by atoms with Crippen LogP contribution < -0.4 is 10.1 Å². The first-order chi connectivity index (χ1) is 9.15. The van der Waals surface area contributed by atoms with Crippen molar-refractivity contribution in [3.05, 3.63) is 48.4 Å². The number of carbonyl (C=O) groups is 2. The lowest BCUT2D eigenvalue weighted by molar-refractivity contribution is -0.139. The predicted molar refractivity (Wildman–Crippen MR) is 66.2 cm³/mol. The molecule has 0 saturated heterocycles. The van der Waals surface area contributed by atoms with Crippen LogP contribution in [-0.4, -0.2) is 23.6 Å². The third-order valence-corrected chi connectivity index (χ3v) is 2.20. The van der Waals surface area contributed by atoms with Crippen LogP contribution in [0.15, 0.2) is 47.1 Å². The first kappa shape index (κ1) is 12.7. The highest BCUT2D eigenvalue weighted by molar-refractivity contribution is 6.02. The van der Waals surface area contributed by atoms with E-state index in [1.54, 1.807) is 30.3 Å². The Morgan fingerprint density at radius 2 is 2.11 bits per heavy atom. The first-order valence-corrected chi connectivity index (χ1v) is 5.44. The summed E-state index contributed by atoms with van der Waals surface area (Å²) in [6.45, 7) is -0.435. The monoisotopic (exact) mass is 261 g/mol. The molecule has 1 amide bonds. The molecular weight excluding hydrogens is 250 g/mol. The van der Waals surface area contributed by atoms with E-state index < -0.39 is 12.6 Å². The summed E-state index contributed by atoms with van der Waals surface area (Å²) in [6.07, 6.45) is 1.40. The van der Waals surface area contributed by atoms with E-state index in [0.717, 1.165) is 0 Å². The summed E-state index contributed by atoms with van der Waals surface area (Å²) in [6, 6.07) is 9.60. The molecule has 2 N–H and O–H groups in total. The SMILES string of the molecule is O=C(O)COc1cccc(NC(=O)c2ccco2)c1. The quantitative estimate of drug-likeness (QED) is 0.859. The minimum Gasteiger partial charge on any atom is -0.482 e. The summed E-state index contributed by atoms with van der Waals surface area (Å²) in [5.41, 5.74) is 0.490. The molecule has 2 rings (SSSR count). The number of hydrogen-bond acceptors (Lipinski definition) is 4. The summed E-state index contributed by atoms with van der Waals surface area (Å²) in [5.74, 6) is -0.901. The number of furan rings is 1. The first-order valence-electron chi connectivity index (χ1n) is 5.44. The van der Waals surface area contributed by atoms with Crippen molar-refractivity contribution < 1.29 is 23.8 Å². The fourth-order valence-electron chi connectivity index (χ4n) is 1.41. The maximum absolute atomic E-state index is 11.7. The van der Waals surface area contributed by atoms with Gasteiger partial charge in [0.05, 0.1) is 6.26 Å². The van der Waals surface area contributed by atoms with Gasteiger partial charge in [-0.05, 0) is 24.3 Å². The summed E-state index contributed by atoms with van der Waals surface area (Å²) < 4.78 is 9.96. The molecule has 1 aromatic carbocycles. The summed E-state index contributed by atoms with van der Waals surface area (Å²) in [5, 5.41) is 11.1. The molecule has 2 aromatic rings. The van der Waals surface area contributed by atoms with Gasteiger partial charge in [-0.15, -0.1) is 0 Å². The minimum atomic E-state index is -1.06. The van der Waals surface area contributed by atoms with Crippen LogP contribution in [0.25, 0.3) is 0 Å². The number of amides is 1. The Kier molecular flexibility index (Phi) is 3.82. The van der Waals surface area contributed by atoms with Gasteiger partial charge < -0.3 is 19.6 Å². The molecule has 0 fully saturated rings. The molecule has 0 spiro atoms. The highest BCUT2D eigenvalue weighted by Gasteiger charge is 2.09. The Bertz CT molecular complexity index is 576. The number of rotatable bonds is 5. The molecule has 0 bridgehead atoms. The van der Waals surface area contributed by atoms with Crippen molar-refractivity contribution in [2.75, 3.05) is 11.9 Å². The van der Waals surface area contributed by atoms with Crippen molar-refractivity contribution in [1.29, 1.82) is 0 Å². The molecule has 0 unspecified atom stereocenters. The number of aliphatic carboxylic acids is 1. The Morgan fingerprint density at radius 1 is 1.26 bits per heavy atom. The van der Waals surface area contributed by atoms with Gasteiger partial charge in [-0.1, -0.05) is 6.07 Å². The topological polar surface area (TPSA) is 88.8 Å². The minimum absolute atomic E-state index is 0.192. The molecule has 1 aromatic heterocycles. The van der Waals surface area contributed by atoms with Crippen molar-refractivity contribution in [2.45, 2.75) is 0 Å². The second-order valence-electron chi connectivity index (χ2n) is 3.64. The number of hydrogen-bond donors (Lipinski definition) is 2. The lowest BCUT2D eigenvalue weighted by atomic mass is 10.3. The third kappa shape index (κ3) is 3.60. The number of carboxylic acid groups (broad SMARTS) is 1. The fraction of sp³-hybridized carbons (Fsp3) is 0.0769. The normalized spacial score (nSPS) is 9.89. The van der Waals surface area contributed by atoms with Crippen LogP contribution in [0.2, 0.25) is 0 Å². The molecule has 6 heteroatoms. The molecule has 19 heavy (non-hydrogen) atoms. The number of nitrogens with one attached hydrogen (secondary N) is 1. The van der Waals surface area contributed by atoms with Crippen molar-refractivity contribution in [2.24, 2.45) is 0 Å². The van der Waals surface area contributed by atoms with Crippen LogP contribution in [-0.2, 0) is 4.79 Å². The Labute approximate surface area is 108 Å². The molecule has 98 valence electrons. The average molecular weight is 261 g/mol. The summed E-state index contributed by atoms with van der Waals surface area (Å²) in [7, 11) is 0. The molecule has 0 aliphatic carbocycles. The molecule has 1 heterocycles. The van der Waals surface area contributed by atoms with Crippen LogP contribution in [0.3, 0.4) is 0 Å². The van der Waals surface area contributed by atoms with E-state index in [-0.39, 0.29) is 11.7 Å². The highest BCUT2D eigenvalue weighted by Crippen LogP contribution is 2.18. The zero-order chi connectivity index (χ0) is 13.7. The van der Waals surface area contributed by atoms with Gasteiger partial charge in [0.25, 0.3) is 5.91 Å². The number of ether oxygens (including phenoxy) is 1. The molecular formula is C13H11NO5. The number of carboxylic acids is 1. The van der Waals surface area contributed by atoms with Crippen molar-refractivity contribution in [3.8, 4) is 5.75 Å². The second kappa shape index (κ2) is 5.72. The van der Waals surface area contributed by atoms with Gasteiger partial charge >= 0.3 is 5.97 Å². The van der Waals surface area contributed by atoms with E-state index in [1.807, 2.05) is 0 Å². The van der Waals surface area contributed by atoms with Gasteiger partial charge in [-0.2, -0.15) is 0 Å². The average Bonchev–Trinajstić information content (AvgIpc) is 2.91. The molecule has 6 nitrogen and oxygen atoms in total. The van der Waals surface area contributed by atoms with Crippen LogP contribution in [0.1, 0.15) is 10.6 Å². The van der Waals surface area contributed by atoms with Crippen molar-refractivity contribution >= 4 is 17.6 Å². The van der Waals surface area contributed by atoms with Crippen molar-refractivity contribution in [3.63, 3.8) is 0 Å². The van der Waals surface area contributed by atoms with Gasteiger partial charge in [0.15, 0.2) is 12.4 Å². The Hall–Kier alpha value is -2.76. The largest absolute Gasteiger partial charge is 0.482 e. The molecule has 0 aliphatic heterocycles. The van der Waals surface area contributed by atoms with E-state index in [1.165, 1.54) is 12.3 Å². The number of benzene rings is 1. The summed E-state index contributed by atoms with van der Waals surface area (Å²) >= 11 is 0. The van der Waals surface area contributed by atoms with Gasteiger partial charge in [0, 0.05) is 11.8 Å². The number of carbonyl (C=O) groups excluding carboxylic acids is 1. The van der Waals surface area contributed by atoms with Gasteiger partial charge in [0.1, 0.15) is 5.75 Å². The van der Waals surface area contributed by atoms with E-state index in [4.69, 9.17) is 14.3 Å². The Balaban J connectivity index is 2.02. The second-order valence-corrected chi connectivity index (χ2v) is 3.64. The maximum atomic E-state index is 11.7. The standard InChI is InChI=1S/C13H11NO5/c15-12(16)8-19-10-4-1-3-9(7-10)14-13(17)11-5-2-6-18-11/h1-7H,8H2,(H,14,17)(H,15,16). The van der Waals surface area contributed by atoms with Gasteiger partial charge in [-0.3, -0.25) is 4.79 Å². The van der Waals surface area contributed by atoms with Gasteiger partial charge in [0.2, 0.25) is 0 Å². The molecule has 0 radical (unpaired) electrons. The zero-order valence-electron chi connectivity index (χ0n) is 9.83. The zero-order valence-corrected chi connectivity index (χ0v) is 9.83. The maximum Gasteiger partial charge on any atom is 0.341 e. The van der Waals surface area contributed by atoms with Gasteiger partial charge in [-0.25, -0.2) is 4.79 Å². The molecule has 0 saturated carbocycles. The Morgan fingerprint density at radius 3 is 2.79 bits per heavy atom. The van der Waals surface area contributed by atoms with Crippen LogP contribution in [0.5, 0.6) is 5.75 Å². The van der Waals surface area contributed by atoms with E-state index in [9.17, 15) is 9.59 Å². The smallest absolute Gasteiger partial charge is 0.341 e. The van der Waals surface area contributed by atoms with Crippen LogP contribution in [0, 0.1) is 0 Å². The summed E-state index contributed by atoms with van der Waals surface area (Å²) in [4.78, 5) is 22.1. The lowest BCUT2D eigenvalue weighted by Gasteiger charge is -2.06. The molecule has 0 atom stereocenters. The van der Waals surface area contributed by atoms with Crippen molar-refractivity contribution in [1.82, 2.24) is 0 Å². The van der Waals surface area contributed by atoms with E-state index >= 15 is 0 Å². The van der Waals surface area contributed by atoms with E-state index in [0.29, 0.717) is 11.4 Å². The predicted octanol–water partition coefficient (Wildman–Crippen LogP) is 2.00. The lowest BCUT2D eigenvalue weighted by Crippen LogP contribution is -2.12. The fourth-order valence-corrected chi connectivity index (χ4v) is 1.41. The number of anilines is 1. The van der Waals surface area contributed by atoms with E-state index in [2.05, 4.69) is 5.32 Å². The van der Waals surface area contributed by atoms with Crippen LogP contribution >= 0.6 is 0 Å². The highest BCUT2D eigenvalue weighted by atomic mass is 16.5.